The highest BCUT2D eigenvalue weighted by molar-refractivity contribution is 9.08. The normalized spacial score (nSPS) is 29.8. The molecule has 2 unspecified atom stereocenters. The van der Waals surface area contributed by atoms with Crippen LogP contribution in [0.1, 0.15) is 24.8 Å². The van der Waals surface area contributed by atoms with E-state index in [0.29, 0.717) is 11.6 Å². The molecule has 2 heterocycles. The molecule has 0 radical (unpaired) electrons. The van der Waals surface area contributed by atoms with E-state index in [1.807, 2.05) is 18.2 Å². The molecular formula is C15H18BrClO3. The van der Waals surface area contributed by atoms with Crippen molar-refractivity contribution < 1.29 is 14.2 Å². The molecule has 3 nitrogen and oxygen atoms in total. The minimum atomic E-state index is -0.134. The molecule has 0 N–H and O–H groups in total. The third-order valence-electron chi connectivity index (χ3n) is 3.96. The summed E-state index contributed by atoms with van der Waals surface area (Å²) < 4.78 is 17.5. The van der Waals surface area contributed by atoms with Crippen LogP contribution in [0.2, 0.25) is 5.02 Å². The van der Waals surface area contributed by atoms with Crippen LogP contribution < -0.4 is 4.74 Å². The zero-order chi connectivity index (χ0) is 14.0. The molecule has 3 rings (SSSR count). The van der Waals surface area contributed by atoms with Crippen molar-refractivity contribution in [3.63, 3.8) is 0 Å². The molecule has 5 heteroatoms. The van der Waals surface area contributed by atoms with E-state index in [4.69, 9.17) is 25.8 Å². The van der Waals surface area contributed by atoms with E-state index in [9.17, 15) is 0 Å². The fourth-order valence-corrected chi connectivity index (χ4v) is 3.45. The second kappa shape index (κ2) is 6.22. The quantitative estimate of drug-likeness (QED) is 0.763. The zero-order valence-corrected chi connectivity index (χ0v) is 13.6. The first-order valence-electron chi connectivity index (χ1n) is 6.93. The molecule has 2 aliphatic heterocycles. The van der Waals surface area contributed by atoms with Gasteiger partial charge in [-0.3, -0.25) is 0 Å². The van der Waals surface area contributed by atoms with E-state index >= 15 is 0 Å². The summed E-state index contributed by atoms with van der Waals surface area (Å²) in [6, 6.07) is 5.93. The Morgan fingerprint density at radius 2 is 2.30 bits per heavy atom. The van der Waals surface area contributed by atoms with Crippen molar-refractivity contribution >= 4 is 27.5 Å². The van der Waals surface area contributed by atoms with Gasteiger partial charge in [0.05, 0.1) is 23.8 Å². The third-order valence-corrected chi connectivity index (χ3v) is 4.90. The van der Waals surface area contributed by atoms with Crippen LogP contribution in [0.5, 0.6) is 5.75 Å². The lowest BCUT2D eigenvalue weighted by atomic mass is 9.91. The molecule has 0 aromatic heterocycles. The predicted molar refractivity (Wildman–Crippen MR) is 81.9 cm³/mol. The second-order valence-corrected chi connectivity index (χ2v) is 6.43. The van der Waals surface area contributed by atoms with Crippen molar-refractivity contribution in [1.29, 1.82) is 0 Å². The van der Waals surface area contributed by atoms with Crippen LogP contribution >= 0.6 is 27.5 Å². The average molecular weight is 362 g/mol. The van der Waals surface area contributed by atoms with E-state index in [1.165, 1.54) is 0 Å². The molecule has 1 spiro atoms. The molecule has 0 saturated carbocycles. The lowest BCUT2D eigenvalue weighted by Gasteiger charge is -2.37. The van der Waals surface area contributed by atoms with Crippen LogP contribution in [0.4, 0.5) is 0 Å². The van der Waals surface area contributed by atoms with E-state index in [0.717, 1.165) is 49.1 Å². The summed E-state index contributed by atoms with van der Waals surface area (Å²) >= 11 is 9.70. The summed E-state index contributed by atoms with van der Waals surface area (Å²) in [6.07, 6.45) is 2.89. The smallest absolute Gasteiger partial charge is 0.138 e. The first-order chi connectivity index (χ1) is 9.71. The van der Waals surface area contributed by atoms with Crippen molar-refractivity contribution in [3.8, 4) is 5.75 Å². The molecule has 2 fully saturated rings. The molecule has 2 atom stereocenters. The van der Waals surface area contributed by atoms with Gasteiger partial charge in [0.1, 0.15) is 11.9 Å². The van der Waals surface area contributed by atoms with Gasteiger partial charge in [-0.05, 0) is 17.7 Å². The SMILES string of the molecule is Clc1cc(CBr)ccc1OC1CCOC2(CCOC2)C1. The molecule has 0 bridgehead atoms. The zero-order valence-electron chi connectivity index (χ0n) is 11.2. The van der Waals surface area contributed by atoms with Gasteiger partial charge in [0.25, 0.3) is 0 Å². The first-order valence-corrected chi connectivity index (χ1v) is 8.43. The van der Waals surface area contributed by atoms with Crippen LogP contribution in [-0.4, -0.2) is 31.5 Å². The summed E-state index contributed by atoms with van der Waals surface area (Å²) in [5.74, 6) is 0.761. The average Bonchev–Trinajstić information content (AvgIpc) is 2.89. The Labute approximate surface area is 132 Å². The summed E-state index contributed by atoms with van der Waals surface area (Å²) in [6.45, 7) is 2.20. The fraction of sp³-hybridized carbons (Fsp3) is 0.600. The Morgan fingerprint density at radius 3 is 3.00 bits per heavy atom. The highest BCUT2D eigenvalue weighted by atomic mass is 79.9. The minimum absolute atomic E-state index is 0.134. The van der Waals surface area contributed by atoms with Gasteiger partial charge < -0.3 is 14.2 Å². The number of alkyl halides is 1. The van der Waals surface area contributed by atoms with Crippen LogP contribution in [0.3, 0.4) is 0 Å². The lowest BCUT2D eigenvalue weighted by molar-refractivity contribution is -0.112. The van der Waals surface area contributed by atoms with Gasteiger partial charge >= 0.3 is 0 Å². The standard InChI is InChI=1S/C15H18BrClO3/c16-9-11-1-2-14(13(17)7-11)20-12-3-5-19-15(8-12)4-6-18-10-15/h1-2,7,12H,3-6,8-10H2. The fourth-order valence-electron chi connectivity index (χ4n) is 2.85. The Balaban J connectivity index is 1.68. The molecule has 2 saturated heterocycles. The number of rotatable bonds is 3. The predicted octanol–water partition coefficient (Wildman–Crippen LogP) is 3.95. The van der Waals surface area contributed by atoms with E-state index in [-0.39, 0.29) is 11.7 Å². The summed E-state index contributed by atoms with van der Waals surface area (Å²) in [4.78, 5) is 0. The van der Waals surface area contributed by atoms with Crippen LogP contribution in [-0.2, 0) is 14.8 Å². The molecule has 1 aromatic carbocycles. The van der Waals surface area contributed by atoms with E-state index in [1.54, 1.807) is 0 Å². The highest BCUT2D eigenvalue weighted by Gasteiger charge is 2.41. The Kier molecular flexibility index (Phi) is 4.55. The van der Waals surface area contributed by atoms with Crippen LogP contribution in [0.25, 0.3) is 0 Å². The summed E-state index contributed by atoms with van der Waals surface area (Å²) in [5.41, 5.74) is 1.01. The number of ether oxygens (including phenoxy) is 3. The number of benzene rings is 1. The van der Waals surface area contributed by atoms with Crippen molar-refractivity contribution in [3.05, 3.63) is 28.8 Å². The molecule has 20 heavy (non-hydrogen) atoms. The molecule has 2 aliphatic rings. The van der Waals surface area contributed by atoms with Crippen molar-refractivity contribution in [2.24, 2.45) is 0 Å². The van der Waals surface area contributed by atoms with Gasteiger partial charge in [0, 0.05) is 31.2 Å². The van der Waals surface area contributed by atoms with Gasteiger partial charge in [-0.1, -0.05) is 33.6 Å². The topological polar surface area (TPSA) is 27.7 Å². The highest BCUT2D eigenvalue weighted by Crippen LogP contribution is 2.36. The number of hydrogen-bond acceptors (Lipinski definition) is 3. The van der Waals surface area contributed by atoms with Crippen molar-refractivity contribution in [2.75, 3.05) is 19.8 Å². The lowest BCUT2D eigenvalue weighted by Crippen LogP contribution is -2.44. The second-order valence-electron chi connectivity index (χ2n) is 5.47. The van der Waals surface area contributed by atoms with Gasteiger partial charge in [-0.2, -0.15) is 0 Å². The van der Waals surface area contributed by atoms with Crippen LogP contribution in [0, 0.1) is 0 Å². The monoisotopic (exact) mass is 360 g/mol. The Hall–Kier alpha value is -0.290. The minimum Gasteiger partial charge on any atom is -0.489 e. The number of halogens is 2. The van der Waals surface area contributed by atoms with Gasteiger partial charge in [0.2, 0.25) is 0 Å². The maximum Gasteiger partial charge on any atom is 0.138 e. The van der Waals surface area contributed by atoms with E-state index < -0.39 is 0 Å². The molecule has 0 aliphatic carbocycles. The first kappa shape index (κ1) is 14.6. The van der Waals surface area contributed by atoms with Crippen molar-refractivity contribution in [2.45, 2.75) is 36.3 Å². The molecule has 1 aromatic rings. The summed E-state index contributed by atoms with van der Waals surface area (Å²) in [7, 11) is 0. The molecular weight excluding hydrogens is 344 g/mol. The van der Waals surface area contributed by atoms with Gasteiger partial charge in [0.15, 0.2) is 0 Å². The number of hydrogen-bond donors (Lipinski definition) is 0. The maximum atomic E-state index is 6.28. The Bertz CT molecular complexity index is 474. The van der Waals surface area contributed by atoms with Crippen molar-refractivity contribution in [1.82, 2.24) is 0 Å². The molecule has 110 valence electrons. The third kappa shape index (κ3) is 3.14. The van der Waals surface area contributed by atoms with Gasteiger partial charge in [-0.15, -0.1) is 0 Å². The van der Waals surface area contributed by atoms with Gasteiger partial charge in [-0.25, -0.2) is 0 Å². The van der Waals surface area contributed by atoms with Crippen LogP contribution in [0.15, 0.2) is 18.2 Å². The Morgan fingerprint density at radius 1 is 1.40 bits per heavy atom. The van der Waals surface area contributed by atoms with E-state index in [2.05, 4.69) is 15.9 Å². The summed E-state index contributed by atoms with van der Waals surface area (Å²) in [5, 5.41) is 1.47. The largest absolute Gasteiger partial charge is 0.489 e. The molecule has 0 amide bonds. The maximum absolute atomic E-state index is 6.28.